The van der Waals surface area contributed by atoms with Crippen LogP contribution in [-0.4, -0.2) is 65.0 Å². The molecule has 0 unspecified atom stereocenters. The first-order valence-electron chi connectivity index (χ1n) is 10.7. The van der Waals surface area contributed by atoms with E-state index >= 15 is 0 Å². The maximum atomic E-state index is 12.7. The Morgan fingerprint density at radius 1 is 1.00 bits per heavy atom. The number of unbranched alkanes of at least 4 members (excludes halogenated alkanes) is 1. The maximum Gasteiger partial charge on any atom is 0.289 e. The van der Waals surface area contributed by atoms with Gasteiger partial charge in [0, 0.05) is 38.4 Å². The van der Waals surface area contributed by atoms with Gasteiger partial charge in [-0.05, 0) is 68.6 Å². The van der Waals surface area contributed by atoms with Crippen LogP contribution in [0.4, 0.5) is 10.5 Å². The zero-order valence-electron chi connectivity index (χ0n) is 16.9. The molecule has 4 rings (SSSR count). The molecule has 1 aromatic rings. The highest BCUT2D eigenvalue weighted by atomic mass is 32.2. The number of aryl methyl sites for hydroxylation is 1. The van der Waals surface area contributed by atoms with Crippen molar-refractivity contribution in [2.24, 2.45) is 0 Å². The number of imide groups is 1. The summed E-state index contributed by atoms with van der Waals surface area (Å²) in [6, 6.07) is 8.73. The standard InChI is InChI=1S/C22H31N3O2S/c1-18-7-6-8-19(17-18)24-15-13-23(14-16-24)11-4-5-12-25-20(26)22(28-21(25)27)9-2-3-10-22/h6-8,17H,2-5,9-16H2,1H3. The van der Waals surface area contributed by atoms with Crippen LogP contribution in [0.1, 0.15) is 44.1 Å². The largest absolute Gasteiger partial charge is 0.369 e. The summed E-state index contributed by atoms with van der Waals surface area (Å²) in [6.45, 7) is 8.06. The molecule has 1 spiro atoms. The molecule has 0 N–H and O–H groups in total. The molecule has 1 aromatic carbocycles. The normalized spacial score (nSPS) is 22.6. The number of amides is 2. The molecular weight excluding hydrogens is 370 g/mol. The highest BCUT2D eigenvalue weighted by Crippen LogP contribution is 2.48. The first-order chi connectivity index (χ1) is 13.6. The molecule has 3 fully saturated rings. The van der Waals surface area contributed by atoms with E-state index in [9.17, 15) is 9.59 Å². The molecule has 2 saturated heterocycles. The Morgan fingerprint density at radius 3 is 2.43 bits per heavy atom. The van der Waals surface area contributed by atoms with Gasteiger partial charge in [0.05, 0.1) is 0 Å². The fourth-order valence-corrected chi connectivity index (χ4v) is 6.02. The third kappa shape index (κ3) is 4.08. The second-order valence-electron chi connectivity index (χ2n) is 8.40. The molecule has 0 aromatic heterocycles. The van der Waals surface area contributed by atoms with E-state index in [-0.39, 0.29) is 11.1 Å². The summed E-state index contributed by atoms with van der Waals surface area (Å²) in [6.07, 6.45) is 5.86. The Kier molecular flexibility index (Phi) is 5.97. The second kappa shape index (κ2) is 8.46. The van der Waals surface area contributed by atoms with E-state index in [2.05, 4.69) is 41.0 Å². The molecule has 0 bridgehead atoms. The fourth-order valence-electron chi connectivity index (χ4n) is 4.71. The van der Waals surface area contributed by atoms with Crippen LogP contribution in [0.15, 0.2) is 24.3 Å². The van der Waals surface area contributed by atoms with Crippen LogP contribution in [0, 0.1) is 6.92 Å². The van der Waals surface area contributed by atoms with Crippen LogP contribution in [0.25, 0.3) is 0 Å². The van der Waals surface area contributed by atoms with E-state index in [0.29, 0.717) is 6.54 Å². The zero-order chi connectivity index (χ0) is 19.6. The van der Waals surface area contributed by atoms with E-state index in [0.717, 1.165) is 71.2 Å². The van der Waals surface area contributed by atoms with Crippen LogP contribution in [-0.2, 0) is 4.79 Å². The number of rotatable bonds is 6. The van der Waals surface area contributed by atoms with Crippen molar-refractivity contribution < 1.29 is 9.59 Å². The topological polar surface area (TPSA) is 43.9 Å². The molecule has 2 aliphatic heterocycles. The number of hydrogen-bond acceptors (Lipinski definition) is 5. The minimum absolute atomic E-state index is 0.0151. The van der Waals surface area contributed by atoms with Crippen molar-refractivity contribution in [1.29, 1.82) is 0 Å². The number of carbonyl (C=O) groups excluding carboxylic acids is 2. The summed E-state index contributed by atoms with van der Waals surface area (Å²) in [5, 5.41) is -0.0151. The number of benzene rings is 1. The molecule has 28 heavy (non-hydrogen) atoms. The minimum atomic E-state index is -0.400. The summed E-state index contributed by atoms with van der Waals surface area (Å²) in [5.41, 5.74) is 2.63. The van der Waals surface area contributed by atoms with Crippen LogP contribution in [0.3, 0.4) is 0 Å². The van der Waals surface area contributed by atoms with Crippen molar-refractivity contribution in [3.05, 3.63) is 29.8 Å². The number of nitrogens with zero attached hydrogens (tertiary/aromatic N) is 3. The Morgan fingerprint density at radius 2 is 1.71 bits per heavy atom. The van der Waals surface area contributed by atoms with Gasteiger partial charge in [-0.15, -0.1) is 0 Å². The van der Waals surface area contributed by atoms with Crippen LogP contribution in [0.5, 0.6) is 0 Å². The van der Waals surface area contributed by atoms with Crippen LogP contribution in [0.2, 0.25) is 0 Å². The molecule has 1 saturated carbocycles. The lowest BCUT2D eigenvalue weighted by Gasteiger charge is -2.36. The van der Waals surface area contributed by atoms with Gasteiger partial charge >= 0.3 is 0 Å². The van der Waals surface area contributed by atoms with E-state index in [4.69, 9.17) is 0 Å². The maximum absolute atomic E-state index is 12.7. The van der Waals surface area contributed by atoms with Gasteiger partial charge in [0.2, 0.25) is 5.91 Å². The Balaban J connectivity index is 1.18. The Hall–Kier alpha value is -1.53. The lowest BCUT2D eigenvalue weighted by atomic mass is 10.1. The van der Waals surface area contributed by atoms with Crippen molar-refractivity contribution in [3.8, 4) is 0 Å². The van der Waals surface area contributed by atoms with Gasteiger partial charge in [0.1, 0.15) is 4.75 Å². The molecular formula is C22H31N3O2S. The lowest BCUT2D eigenvalue weighted by Crippen LogP contribution is -2.46. The molecule has 6 heteroatoms. The zero-order valence-corrected chi connectivity index (χ0v) is 17.7. The third-order valence-corrected chi connectivity index (χ3v) is 7.76. The van der Waals surface area contributed by atoms with Crippen LogP contribution < -0.4 is 4.90 Å². The SMILES string of the molecule is Cc1cccc(N2CCN(CCCCN3C(=O)SC4(CCCC4)C3=O)CC2)c1. The number of anilines is 1. The van der Waals surface area contributed by atoms with Crippen molar-refractivity contribution in [2.45, 2.75) is 50.2 Å². The second-order valence-corrected chi connectivity index (χ2v) is 9.74. The number of thioether (sulfide) groups is 1. The van der Waals surface area contributed by atoms with Gasteiger partial charge in [0.25, 0.3) is 5.24 Å². The number of carbonyl (C=O) groups is 2. The van der Waals surface area contributed by atoms with Gasteiger partial charge in [-0.3, -0.25) is 19.4 Å². The van der Waals surface area contributed by atoms with Crippen molar-refractivity contribution in [1.82, 2.24) is 9.80 Å². The van der Waals surface area contributed by atoms with E-state index in [1.807, 2.05) is 0 Å². The molecule has 2 amide bonds. The molecule has 3 aliphatic rings. The van der Waals surface area contributed by atoms with Gasteiger partial charge in [-0.1, -0.05) is 25.0 Å². The van der Waals surface area contributed by atoms with E-state index < -0.39 is 4.75 Å². The van der Waals surface area contributed by atoms with Crippen LogP contribution >= 0.6 is 11.8 Å². The van der Waals surface area contributed by atoms with Gasteiger partial charge in [-0.2, -0.15) is 0 Å². The molecule has 1 aliphatic carbocycles. The summed E-state index contributed by atoms with van der Waals surface area (Å²) in [5.74, 6) is 0.0896. The highest BCUT2D eigenvalue weighted by molar-refractivity contribution is 8.16. The van der Waals surface area contributed by atoms with Crippen molar-refractivity contribution >= 4 is 28.6 Å². The average molecular weight is 402 g/mol. The van der Waals surface area contributed by atoms with Gasteiger partial charge in [0.15, 0.2) is 0 Å². The minimum Gasteiger partial charge on any atom is -0.369 e. The molecule has 0 radical (unpaired) electrons. The quantitative estimate of drug-likeness (QED) is 0.676. The first-order valence-corrected chi connectivity index (χ1v) is 11.5. The molecule has 2 heterocycles. The van der Waals surface area contributed by atoms with E-state index in [1.54, 1.807) is 0 Å². The highest BCUT2D eigenvalue weighted by Gasteiger charge is 2.53. The third-order valence-electron chi connectivity index (χ3n) is 6.39. The summed E-state index contributed by atoms with van der Waals surface area (Å²) in [7, 11) is 0. The first kappa shape index (κ1) is 19.8. The average Bonchev–Trinajstić information content (AvgIpc) is 3.25. The number of piperazine rings is 1. The monoisotopic (exact) mass is 401 g/mol. The summed E-state index contributed by atoms with van der Waals surface area (Å²) >= 11 is 1.30. The molecule has 152 valence electrons. The predicted molar refractivity (Wildman–Crippen MR) is 115 cm³/mol. The molecule has 5 nitrogen and oxygen atoms in total. The molecule has 0 atom stereocenters. The fraction of sp³-hybridized carbons (Fsp3) is 0.636. The van der Waals surface area contributed by atoms with Crippen molar-refractivity contribution in [2.75, 3.05) is 44.2 Å². The Bertz CT molecular complexity index is 724. The van der Waals surface area contributed by atoms with E-state index in [1.165, 1.54) is 27.9 Å². The van der Waals surface area contributed by atoms with Crippen molar-refractivity contribution in [3.63, 3.8) is 0 Å². The summed E-state index contributed by atoms with van der Waals surface area (Å²) in [4.78, 5) is 31.5. The number of hydrogen-bond donors (Lipinski definition) is 0. The Labute approximate surface area is 172 Å². The summed E-state index contributed by atoms with van der Waals surface area (Å²) < 4.78 is -0.400. The lowest BCUT2D eigenvalue weighted by molar-refractivity contribution is -0.129. The smallest absolute Gasteiger partial charge is 0.289 e. The van der Waals surface area contributed by atoms with Gasteiger partial charge in [-0.25, -0.2) is 0 Å². The predicted octanol–water partition coefficient (Wildman–Crippen LogP) is 3.91. The van der Waals surface area contributed by atoms with Gasteiger partial charge < -0.3 is 4.90 Å².